The van der Waals surface area contributed by atoms with Crippen LogP contribution in [0.1, 0.15) is 10.4 Å². The maximum atomic E-state index is 4.48. The van der Waals surface area contributed by atoms with Crippen LogP contribution in [0.3, 0.4) is 0 Å². The molecule has 0 bridgehead atoms. The smallest absolute Gasteiger partial charge is 0.123 e. The zero-order valence-electron chi connectivity index (χ0n) is 13.8. The zero-order chi connectivity index (χ0) is 16.5. The monoisotopic (exact) mass is 388 g/mol. The number of thiazole rings is 1. The summed E-state index contributed by atoms with van der Waals surface area (Å²) >= 11 is 1.75. The van der Waals surface area contributed by atoms with Gasteiger partial charge in [-0.05, 0) is 0 Å². The van der Waals surface area contributed by atoms with Gasteiger partial charge in [0.05, 0.1) is 0 Å². The van der Waals surface area contributed by atoms with E-state index in [0.29, 0.717) is 0 Å². The zero-order valence-corrected chi connectivity index (χ0v) is 15.7. The maximum absolute atomic E-state index is 4.48. The van der Waals surface area contributed by atoms with Crippen molar-refractivity contribution < 1.29 is 17.1 Å². The fourth-order valence-corrected chi connectivity index (χ4v) is 3.17. The van der Waals surface area contributed by atoms with E-state index >= 15 is 0 Å². The Labute approximate surface area is 163 Å². The molecule has 3 aromatic carbocycles. The van der Waals surface area contributed by atoms with Crippen LogP contribution >= 0.6 is 11.3 Å². The average molecular weight is 388 g/mol. The Morgan fingerprint density at radius 1 is 1.00 bits per heavy atom. The van der Waals surface area contributed by atoms with Crippen LogP contribution in [0.25, 0.3) is 10.6 Å². The molecule has 0 fully saturated rings. The standard InChI is InChI=1S/C16H15N2S.C5H5.Fe/c1-2-8-14(9-3-1)16-18-12-15(19-16)11-17-10-13-6-4-5-7-13;1-2-4-5-3-1;/h1-9,12,17H,10-11H2;1-5H;/q-5;-1;. The van der Waals surface area contributed by atoms with Crippen LogP contribution in [0.5, 0.6) is 0 Å². The topological polar surface area (TPSA) is 24.9 Å². The molecule has 1 aromatic heterocycles. The predicted octanol–water partition coefficient (Wildman–Crippen LogP) is 5.22. The first kappa shape index (κ1) is 19.4. The Hall–Kier alpha value is -1.97. The molecule has 0 saturated heterocycles. The Kier molecular flexibility index (Phi) is 8.36. The van der Waals surface area contributed by atoms with Crippen LogP contribution in [0.2, 0.25) is 0 Å². The molecule has 4 rings (SSSR count). The second kappa shape index (κ2) is 10.8. The summed E-state index contributed by atoms with van der Waals surface area (Å²) < 4.78 is 0. The Morgan fingerprint density at radius 2 is 1.72 bits per heavy atom. The van der Waals surface area contributed by atoms with Crippen molar-refractivity contribution in [2.24, 2.45) is 0 Å². The number of nitrogens with zero attached hydrogens (tertiary/aromatic N) is 1. The summed E-state index contributed by atoms with van der Waals surface area (Å²) in [5, 5.41) is 4.53. The molecule has 4 heteroatoms. The van der Waals surface area contributed by atoms with Crippen molar-refractivity contribution in [1.82, 2.24) is 10.3 Å². The third kappa shape index (κ3) is 6.45. The molecule has 2 nitrogen and oxygen atoms in total. The largest absolute Gasteiger partial charge is 0.748 e. The fourth-order valence-electron chi connectivity index (χ4n) is 2.29. The van der Waals surface area contributed by atoms with Gasteiger partial charge in [0, 0.05) is 40.3 Å². The van der Waals surface area contributed by atoms with Crippen molar-refractivity contribution in [3.63, 3.8) is 0 Å². The maximum Gasteiger partial charge on any atom is 0.123 e. The third-order valence-corrected chi connectivity index (χ3v) is 4.54. The van der Waals surface area contributed by atoms with E-state index in [2.05, 4.69) is 46.7 Å². The minimum absolute atomic E-state index is 0. The Bertz CT molecular complexity index is 772. The van der Waals surface area contributed by atoms with Gasteiger partial charge < -0.3 is 35.1 Å². The normalized spacial score (nSPS) is 9.76. The molecular formula is C21H20FeN2S-6. The van der Waals surface area contributed by atoms with Gasteiger partial charge in [0.15, 0.2) is 0 Å². The van der Waals surface area contributed by atoms with Crippen LogP contribution in [0.4, 0.5) is 0 Å². The molecule has 0 atom stereocenters. The van der Waals surface area contributed by atoms with E-state index in [1.807, 2.05) is 54.7 Å². The first-order valence-corrected chi connectivity index (χ1v) is 8.81. The van der Waals surface area contributed by atoms with Gasteiger partial charge in [-0.3, -0.25) is 0 Å². The van der Waals surface area contributed by atoms with Crippen LogP contribution in [0.15, 0.2) is 91.1 Å². The molecule has 0 spiro atoms. The van der Waals surface area contributed by atoms with Gasteiger partial charge in [0.25, 0.3) is 0 Å². The van der Waals surface area contributed by atoms with Crippen molar-refractivity contribution in [2.45, 2.75) is 13.1 Å². The molecule has 0 amide bonds. The van der Waals surface area contributed by atoms with Gasteiger partial charge in [-0.2, -0.15) is 24.7 Å². The third-order valence-electron chi connectivity index (χ3n) is 3.49. The molecule has 0 radical (unpaired) electrons. The number of nitrogens with one attached hydrogen (secondary N) is 1. The molecule has 1 heterocycles. The summed E-state index contributed by atoms with van der Waals surface area (Å²) in [6, 6.07) is 28.7. The summed E-state index contributed by atoms with van der Waals surface area (Å²) in [6.45, 7) is 1.78. The second-order valence-electron chi connectivity index (χ2n) is 5.36. The Balaban J connectivity index is 0.000000325. The van der Waals surface area contributed by atoms with Crippen LogP contribution < -0.4 is 5.32 Å². The molecule has 0 saturated carbocycles. The molecule has 134 valence electrons. The van der Waals surface area contributed by atoms with Gasteiger partial charge in [-0.15, -0.1) is 11.3 Å². The van der Waals surface area contributed by atoms with E-state index < -0.39 is 0 Å². The number of benzene rings is 1. The molecule has 0 unspecified atom stereocenters. The van der Waals surface area contributed by atoms with Crippen LogP contribution in [-0.4, -0.2) is 4.98 Å². The molecule has 4 aromatic rings. The predicted molar refractivity (Wildman–Crippen MR) is 102 cm³/mol. The second-order valence-corrected chi connectivity index (χ2v) is 6.47. The number of rotatable bonds is 5. The summed E-state index contributed by atoms with van der Waals surface area (Å²) in [7, 11) is 0. The summed E-state index contributed by atoms with van der Waals surface area (Å²) in [4.78, 5) is 5.75. The minimum Gasteiger partial charge on any atom is -0.748 e. The van der Waals surface area contributed by atoms with Gasteiger partial charge >= 0.3 is 0 Å². The fraction of sp³-hybridized carbons (Fsp3) is 0.0952. The van der Waals surface area contributed by atoms with E-state index in [9.17, 15) is 0 Å². The van der Waals surface area contributed by atoms with E-state index in [1.54, 1.807) is 11.3 Å². The molecule has 1 N–H and O–H groups in total. The first-order valence-electron chi connectivity index (χ1n) is 8.00. The van der Waals surface area contributed by atoms with Crippen molar-refractivity contribution >= 4 is 11.3 Å². The van der Waals surface area contributed by atoms with E-state index in [1.165, 1.54) is 16.0 Å². The quantitative estimate of drug-likeness (QED) is 0.375. The van der Waals surface area contributed by atoms with Gasteiger partial charge in [-0.1, -0.05) is 30.3 Å². The van der Waals surface area contributed by atoms with E-state index in [4.69, 9.17) is 0 Å². The number of aromatic nitrogens is 1. The molecule has 0 aliphatic heterocycles. The molecule has 0 aliphatic carbocycles. The van der Waals surface area contributed by atoms with Crippen molar-refractivity contribution in [2.75, 3.05) is 0 Å². The number of hydrogen-bond acceptors (Lipinski definition) is 3. The molecule has 0 aliphatic rings. The average Bonchev–Trinajstić information content (AvgIpc) is 3.40. The van der Waals surface area contributed by atoms with Gasteiger partial charge in [0.1, 0.15) is 5.01 Å². The van der Waals surface area contributed by atoms with Crippen LogP contribution in [-0.2, 0) is 30.2 Å². The minimum atomic E-state index is 0. The van der Waals surface area contributed by atoms with Crippen molar-refractivity contribution in [1.29, 1.82) is 0 Å². The Morgan fingerprint density at radius 3 is 2.36 bits per heavy atom. The van der Waals surface area contributed by atoms with E-state index in [0.717, 1.165) is 18.1 Å². The number of hydrogen-bond donors (Lipinski definition) is 1. The molecular weight excluding hydrogens is 368 g/mol. The van der Waals surface area contributed by atoms with E-state index in [-0.39, 0.29) is 17.1 Å². The molecule has 25 heavy (non-hydrogen) atoms. The van der Waals surface area contributed by atoms with Crippen molar-refractivity contribution in [3.05, 3.63) is 102 Å². The summed E-state index contributed by atoms with van der Waals surface area (Å²) in [6.07, 6.45) is 1.96. The summed E-state index contributed by atoms with van der Waals surface area (Å²) in [5.41, 5.74) is 2.52. The van der Waals surface area contributed by atoms with Gasteiger partial charge in [0.2, 0.25) is 0 Å². The SMILES string of the molecule is [Fe].c1cc[cH-]c1.c1ccc(-c2ncc(CNC[c-]3[cH-][cH-][cH-][cH-]3)s2)cc1. The van der Waals surface area contributed by atoms with Gasteiger partial charge in [-0.25, -0.2) is 17.1 Å². The van der Waals surface area contributed by atoms with Crippen LogP contribution in [0, 0.1) is 0 Å². The summed E-state index contributed by atoms with van der Waals surface area (Å²) in [5.74, 6) is 0. The first-order chi connectivity index (χ1) is 11.9. The van der Waals surface area contributed by atoms with Crippen molar-refractivity contribution in [3.8, 4) is 10.6 Å².